The van der Waals surface area contributed by atoms with E-state index in [1.165, 1.54) is 0 Å². The first-order valence-corrected chi connectivity index (χ1v) is 3.92. The second kappa shape index (κ2) is 3.45. The third-order valence-electron chi connectivity index (χ3n) is 1.54. The molecule has 1 rings (SSSR count). The van der Waals surface area contributed by atoms with Gasteiger partial charge in [-0.2, -0.15) is 0 Å². The van der Waals surface area contributed by atoms with Gasteiger partial charge in [-0.15, -0.1) is 11.6 Å². The number of amides is 1. The van der Waals surface area contributed by atoms with Gasteiger partial charge in [0.25, 0.3) is 5.91 Å². The SMILES string of the molecule is NC(=O)c1cc(CCl)ccc1N. The van der Waals surface area contributed by atoms with Gasteiger partial charge in [0.15, 0.2) is 0 Å². The van der Waals surface area contributed by atoms with E-state index in [4.69, 9.17) is 23.1 Å². The molecule has 0 radical (unpaired) electrons. The number of nitrogens with two attached hydrogens (primary N) is 2. The van der Waals surface area contributed by atoms with E-state index >= 15 is 0 Å². The highest BCUT2D eigenvalue weighted by atomic mass is 35.5. The fourth-order valence-electron chi connectivity index (χ4n) is 0.900. The first-order valence-electron chi connectivity index (χ1n) is 3.39. The smallest absolute Gasteiger partial charge is 0.250 e. The van der Waals surface area contributed by atoms with Gasteiger partial charge in [-0.3, -0.25) is 4.79 Å². The molecule has 0 aliphatic rings. The summed E-state index contributed by atoms with van der Waals surface area (Å²) in [6, 6.07) is 4.98. The van der Waals surface area contributed by atoms with E-state index in [1.807, 2.05) is 0 Å². The van der Waals surface area contributed by atoms with Crippen molar-refractivity contribution in [2.24, 2.45) is 5.73 Å². The molecule has 12 heavy (non-hydrogen) atoms. The van der Waals surface area contributed by atoms with Crippen molar-refractivity contribution >= 4 is 23.2 Å². The Bertz CT molecular complexity index is 312. The molecule has 4 heteroatoms. The van der Waals surface area contributed by atoms with Crippen LogP contribution in [0.15, 0.2) is 18.2 Å². The predicted octanol–water partition coefficient (Wildman–Crippen LogP) is 1.11. The quantitative estimate of drug-likeness (QED) is 0.534. The summed E-state index contributed by atoms with van der Waals surface area (Å²) in [5.41, 5.74) is 12.1. The molecule has 0 atom stereocenters. The maximum atomic E-state index is 10.8. The first-order chi connectivity index (χ1) is 5.65. The molecule has 0 saturated carbocycles. The molecule has 0 fully saturated rings. The summed E-state index contributed by atoms with van der Waals surface area (Å²) >= 11 is 5.56. The summed E-state index contributed by atoms with van der Waals surface area (Å²) in [4.78, 5) is 10.8. The number of rotatable bonds is 2. The number of anilines is 1. The number of benzene rings is 1. The Hall–Kier alpha value is -1.22. The largest absolute Gasteiger partial charge is 0.398 e. The van der Waals surface area contributed by atoms with Crippen molar-refractivity contribution in [3.8, 4) is 0 Å². The van der Waals surface area contributed by atoms with Gasteiger partial charge in [0.05, 0.1) is 5.56 Å². The molecule has 0 bridgehead atoms. The molecule has 0 aromatic heterocycles. The maximum absolute atomic E-state index is 10.8. The average molecular weight is 185 g/mol. The molecular weight excluding hydrogens is 176 g/mol. The Morgan fingerprint density at radius 2 is 2.17 bits per heavy atom. The lowest BCUT2D eigenvalue weighted by Crippen LogP contribution is -2.13. The summed E-state index contributed by atoms with van der Waals surface area (Å²) in [5.74, 6) is -0.180. The fraction of sp³-hybridized carbons (Fsp3) is 0.125. The molecule has 3 nitrogen and oxygen atoms in total. The Morgan fingerprint density at radius 1 is 1.50 bits per heavy atom. The lowest BCUT2D eigenvalue weighted by molar-refractivity contribution is 0.100. The Balaban J connectivity index is 3.17. The fourth-order valence-corrected chi connectivity index (χ4v) is 1.07. The Labute approximate surface area is 75.3 Å². The van der Waals surface area contributed by atoms with Crippen molar-refractivity contribution in [3.63, 3.8) is 0 Å². The summed E-state index contributed by atoms with van der Waals surface area (Å²) in [5, 5.41) is 0. The molecule has 64 valence electrons. The van der Waals surface area contributed by atoms with Crippen LogP contribution in [0.1, 0.15) is 15.9 Å². The Kier molecular flexibility index (Phi) is 2.55. The highest BCUT2D eigenvalue weighted by molar-refractivity contribution is 6.17. The van der Waals surface area contributed by atoms with Crippen molar-refractivity contribution < 1.29 is 4.79 Å². The van der Waals surface area contributed by atoms with Crippen LogP contribution in [0.3, 0.4) is 0 Å². The molecule has 0 aliphatic heterocycles. The van der Waals surface area contributed by atoms with Crippen LogP contribution in [0.4, 0.5) is 5.69 Å². The minimum absolute atomic E-state index is 0.327. The number of alkyl halides is 1. The van der Waals surface area contributed by atoms with E-state index in [1.54, 1.807) is 18.2 Å². The minimum Gasteiger partial charge on any atom is -0.398 e. The molecule has 0 saturated heterocycles. The normalized spacial score (nSPS) is 9.75. The van der Waals surface area contributed by atoms with E-state index in [2.05, 4.69) is 0 Å². The van der Waals surface area contributed by atoms with Crippen LogP contribution in [0.2, 0.25) is 0 Å². The van der Waals surface area contributed by atoms with E-state index in [0.29, 0.717) is 17.1 Å². The summed E-state index contributed by atoms with van der Waals surface area (Å²) in [6.07, 6.45) is 0. The molecule has 4 N–H and O–H groups in total. The van der Waals surface area contributed by atoms with E-state index in [9.17, 15) is 4.79 Å². The van der Waals surface area contributed by atoms with Crippen LogP contribution in [0.5, 0.6) is 0 Å². The van der Waals surface area contributed by atoms with Crippen molar-refractivity contribution in [3.05, 3.63) is 29.3 Å². The predicted molar refractivity (Wildman–Crippen MR) is 48.9 cm³/mol. The monoisotopic (exact) mass is 184 g/mol. The van der Waals surface area contributed by atoms with E-state index in [0.717, 1.165) is 5.56 Å². The maximum Gasteiger partial charge on any atom is 0.250 e. The average Bonchev–Trinajstić information content (AvgIpc) is 2.05. The lowest BCUT2D eigenvalue weighted by atomic mass is 10.1. The summed E-state index contributed by atoms with van der Waals surface area (Å²) in [7, 11) is 0. The standard InChI is InChI=1S/C8H9ClN2O/c9-4-5-1-2-7(10)6(3-5)8(11)12/h1-3H,4,10H2,(H2,11,12). The number of hydrogen-bond donors (Lipinski definition) is 2. The zero-order chi connectivity index (χ0) is 9.14. The topological polar surface area (TPSA) is 69.1 Å². The van der Waals surface area contributed by atoms with Gasteiger partial charge in [-0.1, -0.05) is 6.07 Å². The van der Waals surface area contributed by atoms with Crippen LogP contribution < -0.4 is 11.5 Å². The number of hydrogen-bond acceptors (Lipinski definition) is 2. The van der Waals surface area contributed by atoms with Crippen LogP contribution in [-0.2, 0) is 5.88 Å². The molecule has 1 amide bonds. The van der Waals surface area contributed by atoms with E-state index < -0.39 is 5.91 Å². The number of primary amides is 1. The van der Waals surface area contributed by atoms with E-state index in [-0.39, 0.29) is 0 Å². The molecule has 1 aromatic rings. The van der Waals surface area contributed by atoms with Crippen LogP contribution in [0, 0.1) is 0 Å². The first kappa shape index (κ1) is 8.87. The molecule has 0 aliphatic carbocycles. The van der Waals surface area contributed by atoms with Crippen molar-refractivity contribution in [2.45, 2.75) is 5.88 Å². The molecule has 0 spiro atoms. The van der Waals surface area contributed by atoms with Gasteiger partial charge in [0.1, 0.15) is 0 Å². The van der Waals surface area contributed by atoms with Gasteiger partial charge in [-0.25, -0.2) is 0 Å². The molecule has 0 heterocycles. The number of nitrogen functional groups attached to an aromatic ring is 1. The molecular formula is C8H9ClN2O. The van der Waals surface area contributed by atoms with Crippen LogP contribution in [-0.4, -0.2) is 5.91 Å². The van der Waals surface area contributed by atoms with Crippen molar-refractivity contribution in [2.75, 3.05) is 5.73 Å². The van der Waals surface area contributed by atoms with Gasteiger partial charge < -0.3 is 11.5 Å². The van der Waals surface area contributed by atoms with Gasteiger partial charge in [0.2, 0.25) is 0 Å². The Morgan fingerprint density at radius 3 is 2.67 bits per heavy atom. The third kappa shape index (κ3) is 1.68. The highest BCUT2D eigenvalue weighted by Crippen LogP contribution is 2.14. The second-order valence-electron chi connectivity index (χ2n) is 2.42. The summed E-state index contributed by atoms with van der Waals surface area (Å²) in [6.45, 7) is 0. The van der Waals surface area contributed by atoms with Crippen molar-refractivity contribution in [1.29, 1.82) is 0 Å². The second-order valence-corrected chi connectivity index (χ2v) is 2.69. The lowest BCUT2D eigenvalue weighted by Gasteiger charge is -2.02. The number of carbonyl (C=O) groups is 1. The molecule has 0 unspecified atom stereocenters. The zero-order valence-corrected chi connectivity index (χ0v) is 7.14. The van der Waals surface area contributed by atoms with Crippen molar-refractivity contribution in [1.82, 2.24) is 0 Å². The number of halogens is 1. The zero-order valence-electron chi connectivity index (χ0n) is 6.38. The van der Waals surface area contributed by atoms with Crippen LogP contribution in [0.25, 0.3) is 0 Å². The third-order valence-corrected chi connectivity index (χ3v) is 1.85. The van der Waals surface area contributed by atoms with Gasteiger partial charge in [0, 0.05) is 11.6 Å². The van der Waals surface area contributed by atoms with Gasteiger partial charge in [-0.05, 0) is 17.7 Å². The highest BCUT2D eigenvalue weighted by Gasteiger charge is 2.05. The molecule has 1 aromatic carbocycles. The number of carbonyl (C=O) groups excluding carboxylic acids is 1. The summed E-state index contributed by atoms with van der Waals surface area (Å²) < 4.78 is 0. The van der Waals surface area contributed by atoms with Crippen LogP contribution >= 0.6 is 11.6 Å². The minimum atomic E-state index is -0.528. The van der Waals surface area contributed by atoms with Gasteiger partial charge >= 0.3 is 0 Å².